The summed E-state index contributed by atoms with van der Waals surface area (Å²) in [4.78, 5) is 0. The summed E-state index contributed by atoms with van der Waals surface area (Å²) in [6.07, 6.45) is 0. The van der Waals surface area contributed by atoms with E-state index in [2.05, 4.69) is 0 Å². The molecule has 0 atom stereocenters. The minimum atomic E-state index is -3.36. The van der Waals surface area contributed by atoms with Gasteiger partial charge < -0.3 is 0 Å². The molecule has 0 saturated carbocycles. The van der Waals surface area contributed by atoms with Crippen LogP contribution in [0.25, 0.3) is 0 Å². The molecule has 62 valence electrons. The molecule has 0 aromatic rings. The zero-order valence-corrected chi connectivity index (χ0v) is 8.22. The third kappa shape index (κ3) is 1.21. The Morgan fingerprint density at radius 3 is 1.45 bits per heavy atom. The van der Waals surface area contributed by atoms with Crippen molar-refractivity contribution < 1.29 is 30.4 Å². The highest BCUT2D eigenvalue weighted by Gasteiger charge is 2.59. The van der Waals surface area contributed by atoms with Crippen LogP contribution >= 0.6 is 33.6 Å². The smallest absolute Gasteiger partial charge is 0.236 e. The lowest BCUT2D eigenvalue weighted by Crippen LogP contribution is -2.12. The third-order valence-electron chi connectivity index (χ3n) is 0.900. The van der Waals surface area contributed by atoms with Gasteiger partial charge in [-0.15, -0.1) is 0 Å². The van der Waals surface area contributed by atoms with Gasteiger partial charge >= 0.3 is 33.6 Å². The van der Waals surface area contributed by atoms with E-state index < -0.39 is 33.6 Å². The van der Waals surface area contributed by atoms with E-state index in [1.54, 1.807) is 0 Å². The van der Waals surface area contributed by atoms with Crippen molar-refractivity contribution in [1.29, 1.82) is 0 Å². The fourth-order valence-corrected chi connectivity index (χ4v) is 8.50. The number of hydrogen-bond donors (Lipinski definition) is 0. The second kappa shape index (κ2) is 2.40. The summed E-state index contributed by atoms with van der Waals surface area (Å²) in [5, 5.41) is 0. The second-order valence-corrected chi connectivity index (χ2v) is 7.76. The normalized spacial score (nSPS) is 60.2. The van der Waals surface area contributed by atoms with Gasteiger partial charge in [0.05, 0.1) is 0 Å². The molecule has 0 aromatic carbocycles. The molecular formula is O7P4. The highest BCUT2D eigenvalue weighted by atomic mass is 31.4. The van der Waals surface area contributed by atoms with Crippen LogP contribution in [-0.4, -0.2) is 0 Å². The Balaban J connectivity index is 2.00. The van der Waals surface area contributed by atoms with Gasteiger partial charge in [-0.25, -0.2) is 30.4 Å². The number of rotatable bonds is 0. The molecule has 0 radical (unpaired) electrons. The largest absolute Gasteiger partial charge is 0.495 e. The molecule has 4 aliphatic rings. The van der Waals surface area contributed by atoms with E-state index in [0.29, 0.717) is 0 Å². The van der Waals surface area contributed by atoms with Gasteiger partial charge in [-0.3, -0.25) is 0 Å². The SMILES string of the molecule is O=P12OP3OP(OP(O3)O1)O2. The molecular weight excluding hydrogens is 236 g/mol. The van der Waals surface area contributed by atoms with Crippen LogP contribution in [0.1, 0.15) is 0 Å². The Kier molecular flexibility index (Phi) is 1.67. The zero-order valence-electron chi connectivity index (χ0n) is 4.65. The maximum absolute atomic E-state index is 11.2. The van der Waals surface area contributed by atoms with Crippen molar-refractivity contribution in [3.05, 3.63) is 0 Å². The Morgan fingerprint density at radius 1 is 0.818 bits per heavy atom. The quantitative estimate of drug-likeness (QED) is 0.598. The minimum Gasteiger partial charge on any atom is -0.236 e. The Morgan fingerprint density at radius 2 is 1.18 bits per heavy atom. The molecule has 4 heterocycles. The highest BCUT2D eigenvalue weighted by molar-refractivity contribution is 7.83. The Hall–Kier alpha value is 1.28. The standard InChI is InChI=1S/O7P4/c1-11-5-8-2-9(6-11)4-10(3-8)7-11. The lowest BCUT2D eigenvalue weighted by Gasteiger charge is -2.41. The summed E-state index contributed by atoms with van der Waals surface area (Å²) in [6, 6.07) is 0. The van der Waals surface area contributed by atoms with Crippen molar-refractivity contribution in [2.75, 3.05) is 0 Å². The second-order valence-electron chi connectivity index (χ2n) is 1.61. The number of hydrogen-bond acceptors (Lipinski definition) is 7. The van der Waals surface area contributed by atoms with Crippen LogP contribution in [0.15, 0.2) is 0 Å². The minimum absolute atomic E-state index is 1.54. The van der Waals surface area contributed by atoms with Crippen molar-refractivity contribution in [3.8, 4) is 0 Å². The molecule has 11 heavy (non-hydrogen) atoms. The Labute approximate surface area is 64.9 Å². The first-order valence-corrected chi connectivity index (χ1v) is 7.12. The van der Waals surface area contributed by atoms with E-state index in [1.807, 2.05) is 0 Å². The average molecular weight is 236 g/mol. The van der Waals surface area contributed by atoms with Gasteiger partial charge in [-0.1, -0.05) is 0 Å². The fraction of sp³-hybridized carbons (Fsp3) is 0. The van der Waals surface area contributed by atoms with Crippen LogP contribution in [0.4, 0.5) is 0 Å². The van der Waals surface area contributed by atoms with Crippen molar-refractivity contribution >= 4 is 33.6 Å². The van der Waals surface area contributed by atoms with Gasteiger partial charge in [-0.05, 0) is 0 Å². The predicted octanol–water partition coefficient (Wildman–Crippen LogP) is 2.92. The van der Waals surface area contributed by atoms with Gasteiger partial charge in [0.1, 0.15) is 0 Å². The summed E-state index contributed by atoms with van der Waals surface area (Å²) in [5.41, 5.74) is 0. The van der Waals surface area contributed by atoms with Crippen LogP contribution in [0, 0.1) is 0 Å². The summed E-state index contributed by atoms with van der Waals surface area (Å²) >= 11 is 0. The molecule has 0 unspecified atom stereocenters. The van der Waals surface area contributed by atoms with Crippen LogP contribution < -0.4 is 0 Å². The molecule has 7 nitrogen and oxygen atoms in total. The maximum Gasteiger partial charge on any atom is 0.495 e. The van der Waals surface area contributed by atoms with Gasteiger partial charge in [-0.2, -0.15) is 0 Å². The molecule has 4 fully saturated rings. The van der Waals surface area contributed by atoms with E-state index in [1.165, 1.54) is 0 Å². The van der Waals surface area contributed by atoms with Crippen LogP contribution in [-0.2, 0) is 30.4 Å². The molecule has 0 aromatic heterocycles. The van der Waals surface area contributed by atoms with Crippen LogP contribution in [0.2, 0.25) is 0 Å². The van der Waals surface area contributed by atoms with Gasteiger partial charge in [0, 0.05) is 0 Å². The monoisotopic (exact) mass is 236 g/mol. The van der Waals surface area contributed by atoms with Crippen molar-refractivity contribution in [3.63, 3.8) is 0 Å². The molecule has 4 aliphatic heterocycles. The lowest BCUT2D eigenvalue weighted by atomic mass is 15.6. The Bertz CT molecular complexity index is 193. The van der Waals surface area contributed by atoms with Gasteiger partial charge in [0.15, 0.2) is 0 Å². The maximum atomic E-state index is 11.2. The lowest BCUT2D eigenvalue weighted by molar-refractivity contribution is 0.163. The van der Waals surface area contributed by atoms with Crippen molar-refractivity contribution in [2.45, 2.75) is 0 Å². The van der Waals surface area contributed by atoms with Crippen molar-refractivity contribution in [1.82, 2.24) is 0 Å². The van der Waals surface area contributed by atoms with Crippen LogP contribution in [0.5, 0.6) is 0 Å². The van der Waals surface area contributed by atoms with E-state index in [9.17, 15) is 4.57 Å². The van der Waals surface area contributed by atoms with E-state index in [4.69, 9.17) is 25.9 Å². The molecule has 0 N–H and O–H groups in total. The predicted molar refractivity (Wildman–Crippen MR) is 34.9 cm³/mol. The molecule has 0 spiro atoms. The van der Waals surface area contributed by atoms with Gasteiger partial charge in [0.25, 0.3) is 0 Å². The summed E-state index contributed by atoms with van der Waals surface area (Å²) < 4.78 is 40.0. The summed E-state index contributed by atoms with van der Waals surface area (Å²) in [5.74, 6) is 0. The molecule has 4 rings (SSSR count). The molecule has 4 bridgehead atoms. The zero-order chi connectivity index (χ0) is 7.47. The van der Waals surface area contributed by atoms with E-state index >= 15 is 0 Å². The summed E-state index contributed by atoms with van der Waals surface area (Å²) in [7, 11) is -7.98. The average Bonchev–Trinajstić information content (AvgIpc) is 1.79. The topological polar surface area (TPSA) is 72.5 Å². The summed E-state index contributed by atoms with van der Waals surface area (Å²) in [6.45, 7) is 0. The van der Waals surface area contributed by atoms with Crippen molar-refractivity contribution in [2.24, 2.45) is 0 Å². The molecule has 4 saturated heterocycles. The first-order valence-electron chi connectivity index (χ1n) is 2.37. The molecule has 0 amide bonds. The molecule has 11 heteroatoms. The highest BCUT2D eigenvalue weighted by Crippen LogP contribution is 2.92. The first kappa shape index (κ1) is 7.66. The van der Waals surface area contributed by atoms with E-state index in [0.717, 1.165) is 0 Å². The fourth-order valence-electron chi connectivity index (χ4n) is 0.587. The molecule has 0 aliphatic carbocycles. The first-order chi connectivity index (χ1) is 5.23. The van der Waals surface area contributed by atoms with E-state index in [-0.39, 0.29) is 0 Å². The van der Waals surface area contributed by atoms with Crippen LogP contribution in [0.3, 0.4) is 0 Å². The number of phosphoric acid groups is 1. The third-order valence-corrected chi connectivity index (χ3v) is 8.10. The van der Waals surface area contributed by atoms with Gasteiger partial charge in [0.2, 0.25) is 0 Å².